The maximum Gasteiger partial charge on any atom is 0.255 e. The van der Waals surface area contributed by atoms with E-state index < -0.39 is 0 Å². The van der Waals surface area contributed by atoms with Crippen molar-refractivity contribution in [1.29, 1.82) is 0 Å². The van der Waals surface area contributed by atoms with Crippen molar-refractivity contribution < 1.29 is 9.53 Å². The number of ether oxygens (including phenoxy) is 1. The van der Waals surface area contributed by atoms with Gasteiger partial charge in [0.25, 0.3) is 5.91 Å². The second-order valence-electron chi connectivity index (χ2n) is 7.93. The molecule has 25 heavy (non-hydrogen) atoms. The number of carbonyl (C=O) groups excluding carboxylic acids is 1. The molecule has 1 aromatic rings. The van der Waals surface area contributed by atoms with Crippen molar-refractivity contribution in [3.05, 3.63) is 24.0 Å². The Kier molecular flexibility index (Phi) is 5.69. The Labute approximate surface area is 150 Å². The summed E-state index contributed by atoms with van der Waals surface area (Å²) in [5.41, 5.74) is 0.891. The highest BCUT2D eigenvalue weighted by molar-refractivity contribution is 5.93. The minimum Gasteiger partial charge on any atom is -0.376 e. The molecule has 3 heterocycles. The van der Waals surface area contributed by atoms with E-state index in [9.17, 15) is 4.79 Å². The summed E-state index contributed by atoms with van der Waals surface area (Å²) in [5.74, 6) is 0.0675. The van der Waals surface area contributed by atoms with E-state index in [1.165, 1.54) is 6.42 Å². The largest absolute Gasteiger partial charge is 0.376 e. The molecule has 0 unspecified atom stereocenters. The van der Waals surface area contributed by atoms with Crippen LogP contribution < -0.4 is 0 Å². The number of hydrogen-bond donors (Lipinski definition) is 0. The summed E-state index contributed by atoms with van der Waals surface area (Å²) in [6, 6.07) is 2.29. The van der Waals surface area contributed by atoms with Crippen LogP contribution in [0.15, 0.2) is 18.5 Å². The van der Waals surface area contributed by atoms with Crippen molar-refractivity contribution in [3.8, 4) is 0 Å². The summed E-state index contributed by atoms with van der Waals surface area (Å²) >= 11 is 0. The number of likely N-dealkylation sites (tertiary alicyclic amines) is 1. The van der Waals surface area contributed by atoms with Gasteiger partial charge in [-0.3, -0.25) is 4.79 Å². The first-order valence-electron chi connectivity index (χ1n) is 9.37. The molecular formula is C19H30N4O2. The van der Waals surface area contributed by atoms with E-state index in [0.717, 1.165) is 45.5 Å². The summed E-state index contributed by atoms with van der Waals surface area (Å²) in [6.07, 6.45) is 7.87. The Balaban J connectivity index is 1.49. The second kappa shape index (κ2) is 7.79. The highest BCUT2D eigenvalue weighted by Crippen LogP contribution is 2.40. The zero-order valence-corrected chi connectivity index (χ0v) is 15.6. The average molecular weight is 346 g/mol. The zero-order chi connectivity index (χ0) is 17.9. The van der Waals surface area contributed by atoms with Crippen molar-refractivity contribution in [2.45, 2.75) is 51.7 Å². The van der Waals surface area contributed by atoms with E-state index in [2.05, 4.69) is 36.0 Å². The fourth-order valence-electron chi connectivity index (χ4n) is 3.77. The lowest BCUT2D eigenvalue weighted by molar-refractivity contribution is -0.0915. The molecule has 6 nitrogen and oxygen atoms in total. The predicted octanol–water partition coefficient (Wildman–Crippen LogP) is 2.22. The maximum absolute atomic E-state index is 12.5. The van der Waals surface area contributed by atoms with Gasteiger partial charge in [-0.25, -0.2) is 0 Å². The van der Waals surface area contributed by atoms with Crippen molar-refractivity contribution >= 4 is 5.91 Å². The molecule has 2 aliphatic heterocycles. The molecule has 1 aromatic heterocycles. The Bertz CT molecular complexity index is 560. The predicted molar refractivity (Wildman–Crippen MR) is 96.3 cm³/mol. The van der Waals surface area contributed by atoms with Gasteiger partial charge in [0.05, 0.1) is 30.7 Å². The van der Waals surface area contributed by atoms with E-state index in [0.29, 0.717) is 17.7 Å². The third-order valence-corrected chi connectivity index (χ3v) is 5.94. The Morgan fingerprint density at radius 3 is 2.68 bits per heavy atom. The van der Waals surface area contributed by atoms with Crippen LogP contribution in [0.1, 0.15) is 49.9 Å². The smallest absolute Gasteiger partial charge is 0.255 e. The number of carbonyl (C=O) groups is 1. The van der Waals surface area contributed by atoms with Gasteiger partial charge in [-0.05, 0) is 58.1 Å². The van der Waals surface area contributed by atoms with E-state index in [1.54, 1.807) is 18.5 Å². The SMILES string of the molecule is CC(C)N(C)C[C@@H]1CCC2(CCN(C(=O)c3ccnnc3)CC2)CO1. The minimum atomic E-state index is 0.0675. The number of piperidine rings is 1. The van der Waals surface area contributed by atoms with Crippen LogP contribution >= 0.6 is 0 Å². The lowest BCUT2D eigenvalue weighted by Gasteiger charge is -2.46. The van der Waals surface area contributed by atoms with Gasteiger partial charge in [-0.15, -0.1) is 0 Å². The van der Waals surface area contributed by atoms with E-state index in [4.69, 9.17) is 4.74 Å². The van der Waals surface area contributed by atoms with Crippen LogP contribution in [0, 0.1) is 5.41 Å². The first kappa shape index (κ1) is 18.3. The Morgan fingerprint density at radius 2 is 2.12 bits per heavy atom. The molecule has 3 rings (SSSR count). The first-order valence-corrected chi connectivity index (χ1v) is 9.37. The first-order chi connectivity index (χ1) is 12.0. The topological polar surface area (TPSA) is 58.6 Å². The van der Waals surface area contributed by atoms with E-state index in [-0.39, 0.29) is 11.3 Å². The summed E-state index contributed by atoms with van der Waals surface area (Å²) in [4.78, 5) is 16.8. The standard InChI is InChI=1S/C19H30N4O2/c1-15(2)22(3)13-17-4-6-19(14-25-17)7-10-23(11-8-19)18(24)16-5-9-20-21-12-16/h5,9,12,15,17H,4,6-8,10-11,13-14H2,1-3H3/t17-/m0/s1. The van der Waals surface area contributed by atoms with Crippen molar-refractivity contribution in [2.75, 3.05) is 33.3 Å². The Hall–Kier alpha value is -1.53. The summed E-state index contributed by atoms with van der Waals surface area (Å²) in [5, 5.41) is 7.55. The number of likely N-dealkylation sites (N-methyl/N-ethyl adjacent to an activating group) is 1. The van der Waals surface area contributed by atoms with Crippen LogP contribution in [0.3, 0.4) is 0 Å². The van der Waals surface area contributed by atoms with Crippen molar-refractivity contribution in [3.63, 3.8) is 0 Å². The van der Waals surface area contributed by atoms with Gasteiger partial charge in [0.2, 0.25) is 0 Å². The van der Waals surface area contributed by atoms with Gasteiger partial charge < -0.3 is 14.5 Å². The zero-order valence-electron chi connectivity index (χ0n) is 15.6. The minimum absolute atomic E-state index is 0.0675. The molecule has 6 heteroatoms. The fraction of sp³-hybridized carbons (Fsp3) is 0.737. The number of amides is 1. The molecule has 1 spiro atoms. The summed E-state index contributed by atoms with van der Waals surface area (Å²) < 4.78 is 6.21. The molecule has 0 bridgehead atoms. The quantitative estimate of drug-likeness (QED) is 0.837. The van der Waals surface area contributed by atoms with Gasteiger partial charge in [0, 0.05) is 25.7 Å². The molecule has 1 amide bonds. The third-order valence-electron chi connectivity index (χ3n) is 5.94. The molecule has 0 aromatic carbocycles. The fourth-order valence-corrected chi connectivity index (χ4v) is 3.77. The van der Waals surface area contributed by atoms with Gasteiger partial charge in [0.15, 0.2) is 0 Å². The van der Waals surface area contributed by atoms with Gasteiger partial charge in [0.1, 0.15) is 0 Å². The molecule has 2 saturated heterocycles. The molecule has 138 valence electrons. The number of nitrogens with zero attached hydrogens (tertiary/aromatic N) is 4. The van der Waals surface area contributed by atoms with Crippen LogP contribution in [0.2, 0.25) is 0 Å². The lowest BCUT2D eigenvalue weighted by Crippen LogP contribution is -2.49. The normalized spacial score (nSPS) is 23.4. The van der Waals surface area contributed by atoms with Crippen molar-refractivity contribution in [2.24, 2.45) is 5.41 Å². The van der Waals surface area contributed by atoms with Gasteiger partial charge in [-0.2, -0.15) is 10.2 Å². The number of rotatable bonds is 4. The average Bonchev–Trinajstić information content (AvgIpc) is 2.64. The van der Waals surface area contributed by atoms with Crippen LogP contribution in [0.5, 0.6) is 0 Å². The molecule has 2 fully saturated rings. The van der Waals surface area contributed by atoms with Crippen LogP contribution in [-0.2, 0) is 4.74 Å². The highest BCUT2D eigenvalue weighted by atomic mass is 16.5. The van der Waals surface area contributed by atoms with Crippen LogP contribution in [-0.4, -0.2) is 71.3 Å². The number of hydrogen-bond acceptors (Lipinski definition) is 5. The van der Waals surface area contributed by atoms with Gasteiger partial charge >= 0.3 is 0 Å². The lowest BCUT2D eigenvalue weighted by atomic mass is 9.73. The molecule has 0 radical (unpaired) electrons. The molecule has 2 aliphatic rings. The number of aromatic nitrogens is 2. The van der Waals surface area contributed by atoms with E-state index in [1.807, 2.05) is 4.90 Å². The molecule has 0 N–H and O–H groups in total. The second-order valence-corrected chi connectivity index (χ2v) is 7.93. The van der Waals surface area contributed by atoms with E-state index >= 15 is 0 Å². The molecule has 0 aliphatic carbocycles. The highest BCUT2D eigenvalue weighted by Gasteiger charge is 2.40. The summed E-state index contributed by atoms with van der Waals surface area (Å²) in [6.45, 7) is 7.89. The molecule has 0 saturated carbocycles. The molecular weight excluding hydrogens is 316 g/mol. The van der Waals surface area contributed by atoms with Crippen LogP contribution in [0.25, 0.3) is 0 Å². The van der Waals surface area contributed by atoms with Gasteiger partial charge in [-0.1, -0.05) is 0 Å². The Morgan fingerprint density at radius 1 is 1.36 bits per heavy atom. The van der Waals surface area contributed by atoms with Crippen LogP contribution in [0.4, 0.5) is 0 Å². The summed E-state index contributed by atoms with van der Waals surface area (Å²) in [7, 11) is 2.16. The third kappa shape index (κ3) is 4.36. The monoisotopic (exact) mass is 346 g/mol. The van der Waals surface area contributed by atoms with Crippen molar-refractivity contribution in [1.82, 2.24) is 20.0 Å². The maximum atomic E-state index is 12.5. The molecule has 1 atom stereocenters.